The molecule has 1 N–H and O–H groups in total. The third kappa shape index (κ3) is 1.83. The molecule has 5 heteroatoms. The van der Waals surface area contributed by atoms with Crippen LogP contribution in [0.25, 0.3) is 22.2 Å². The maximum Gasteiger partial charge on any atom is 0.137 e. The van der Waals surface area contributed by atoms with Gasteiger partial charge >= 0.3 is 0 Å². The van der Waals surface area contributed by atoms with E-state index in [0.717, 1.165) is 21.1 Å². The maximum absolute atomic E-state index is 5.22. The van der Waals surface area contributed by atoms with E-state index in [1.54, 1.807) is 12.5 Å². The van der Waals surface area contributed by atoms with Crippen molar-refractivity contribution in [2.45, 2.75) is 13.1 Å². The number of halogens is 1. The first kappa shape index (κ1) is 11.7. The molecule has 3 aromatic heterocycles. The molecule has 0 saturated carbocycles. The number of rotatable bonds is 2. The molecule has 0 aliphatic heterocycles. The molecule has 0 aliphatic carbocycles. The minimum absolute atomic E-state index is 0.950. The molecule has 92 valence electrons. The summed E-state index contributed by atoms with van der Waals surface area (Å²) in [5.74, 6) is 0. The molecule has 0 amide bonds. The number of nitrogens with one attached hydrogen (secondary N) is 1. The molecule has 3 nitrogen and oxygen atoms in total. The molecular weight excluding hydrogens is 308 g/mol. The SMILES string of the molecule is C[SiH](C)c1[nH]c2ncc(Br)cc2c1-c1ccoc1. The summed E-state index contributed by atoms with van der Waals surface area (Å²) in [6, 6.07) is 4.12. The van der Waals surface area contributed by atoms with Crippen LogP contribution in [0.3, 0.4) is 0 Å². The lowest BCUT2D eigenvalue weighted by Gasteiger charge is -2.04. The molecule has 3 aromatic rings. The fraction of sp³-hybridized carbons (Fsp3) is 0.154. The lowest BCUT2D eigenvalue weighted by atomic mass is 10.1. The average molecular weight is 321 g/mol. The van der Waals surface area contributed by atoms with Crippen LogP contribution in [0.5, 0.6) is 0 Å². The number of nitrogens with zero attached hydrogens (tertiary/aromatic N) is 1. The number of pyridine rings is 1. The molecule has 0 aliphatic rings. The van der Waals surface area contributed by atoms with Crippen molar-refractivity contribution in [2.75, 3.05) is 0 Å². The van der Waals surface area contributed by atoms with Crippen LogP contribution in [-0.2, 0) is 0 Å². The maximum atomic E-state index is 5.22. The van der Waals surface area contributed by atoms with Gasteiger partial charge in [0.25, 0.3) is 0 Å². The normalized spacial score (nSPS) is 11.6. The van der Waals surface area contributed by atoms with Crippen LogP contribution in [0.2, 0.25) is 13.1 Å². The molecule has 0 radical (unpaired) electrons. The fourth-order valence-corrected chi connectivity index (χ4v) is 3.87. The molecule has 0 spiro atoms. The average Bonchev–Trinajstić information content (AvgIpc) is 2.93. The van der Waals surface area contributed by atoms with Crippen LogP contribution in [0, 0.1) is 0 Å². The summed E-state index contributed by atoms with van der Waals surface area (Å²) in [4.78, 5) is 7.91. The largest absolute Gasteiger partial charge is 0.472 e. The number of fused-ring (bicyclic) bond motifs is 1. The monoisotopic (exact) mass is 320 g/mol. The zero-order valence-corrected chi connectivity index (χ0v) is 12.9. The van der Waals surface area contributed by atoms with Crippen LogP contribution in [0.4, 0.5) is 0 Å². The van der Waals surface area contributed by atoms with Gasteiger partial charge in [-0.1, -0.05) is 13.1 Å². The first-order valence-electron chi connectivity index (χ1n) is 5.86. The van der Waals surface area contributed by atoms with E-state index < -0.39 is 8.80 Å². The van der Waals surface area contributed by atoms with Crippen LogP contribution in [0.1, 0.15) is 0 Å². The summed E-state index contributed by atoms with van der Waals surface area (Å²) in [7, 11) is -0.956. The second-order valence-electron chi connectivity index (χ2n) is 4.63. The highest BCUT2D eigenvalue weighted by Gasteiger charge is 2.17. The zero-order valence-electron chi connectivity index (χ0n) is 10.2. The van der Waals surface area contributed by atoms with Gasteiger partial charge in [-0.2, -0.15) is 0 Å². The summed E-state index contributed by atoms with van der Waals surface area (Å²) in [5.41, 5.74) is 3.32. The number of hydrogen-bond acceptors (Lipinski definition) is 2. The van der Waals surface area contributed by atoms with Crippen molar-refractivity contribution < 1.29 is 4.42 Å². The van der Waals surface area contributed by atoms with Crippen LogP contribution < -0.4 is 5.32 Å². The third-order valence-electron chi connectivity index (χ3n) is 3.03. The van der Waals surface area contributed by atoms with E-state index in [1.807, 2.05) is 12.3 Å². The van der Waals surface area contributed by atoms with Gasteiger partial charge in [-0.25, -0.2) is 4.98 Å². The Morgan fingerprint density at radius 1 is 1.39 bits per heavy atom. The van der Waals surface area contributed by atoms with Gasteiger partial charge in [-0.05, 0) is 28.1 Å². The first-order valence-corrected chi connectivity index (χ1v) is 9.54. The minimum Gasteiger partial charge on any atom is -0.472 e. The zero-order chi connectivity index (χ0) is 12.7. The number of aromatic amines is 1. The molecule has 0 fully saturated rings. The smallest absolute Gasteiger partial charge is 0.137 e. The Kier molecular flexibility index (Phi) is 2.87. The lowest BCUT2D eigenvalue weighted by molar-refractivity contribution is 0.568. The summed E-state index contributed by atoms with van der Waals surface area (Å²) < 4.78 is 6.22. The van der Waals surface area contributed by atoms with Crippen molar-refractivity contribution in [3.05, 3.63) is 35.3 Å². The van der Waals surface area contributed by atoms with Gasteiger partial charge in [-0.3, -0.25) is 0 Å². The highest BCUT2D eigenvalue weighted by molar-refractivity contribution is 9.10. The molecule has 0 bridgehead atoms. The predicted octanol–water partition coefficient (Wildman–Crippen LogP) is 3.28. The number of aromatic nitrogens is 2. The van der Waals surface area contributed by atoms with E-state index in [-0.39, 0.29) is 0 Å². The molecule has 0 atom stereocenters. The highest BCUT2D eigenvalue weighted by Crippen LogP contribution is 2.28. The molecule has 0 saturated heterocycles. The Hall–Kier alpha value is -1.33. The van der Waals surface area contributed by atoms with Crippen molar-refractivity contribution in [2.24, 2.45) is 0 Å². The molecule has 0 aromatic carbocycles. The topological polar surface area (TPSA) is 41.8 Å². The molecule has 0 unspecified atom stereocenters. The van der Waals surface area contributed by atoms with Gasteiger partial charge in [-0.15, -0.1) is 0 Å². The van der Waals surface area contributed by atoms with E-state index >= 15 is 0 Å². The fourth-order valence-electron chi connectivity index (χ4n) is 2.22. The second-order valence-corrected chi connectivity index (χ2v) is 8.43. The van der Waals surface area contributed by atoms with Gasteiger partial charge < -0.3 is 9.40 Å². The standard InChI is InChI=1S/C13H13BrN2OSi/c1-18(2)13-11(8-3-4-17-7-8)10-5-9(14)6-15-12(10)16-13/h3-7,18H,1-2H3,(H,15,16). The lowest BCUT2D eigenvalue weighted by Crippen LogP contribution is -2.25. The summed E-state index contributed by atoms with van der Waals surface area (Å²) in [5, 5.41) is 2.49. The van der Waals surface area contributed by atoms with Gasteiger partial charge in [0.2, 0.25) is 0 Å². The van der Waals surface area contributed by atoms with Crippen LogP contribution in [-0.4, -0.2) is 18.8 Å². The van der Waals surface area contributed by atoms with Gasteiger partial charge in [0.15, 0.2) is 0 Å². The van der Waals surface area contributed by atoms with Crippen molar-refractivity contribution in [1.29, 1.82) is 0 Å². The Morgan fingerprint density at radius 2 is 2.22 bits per heavy atom. The van der Waals surface area contributed by atoms with Crippen molar-refractivity contribution in [3.63, 3.8) is 0 Å². The van der Waals surface area contributed by atoms with E-state index in [2.05, 4.69) is 45.1 Å². The molecular formula is C13H13BrN2OSi. The summed E-state index contributed by atoms with van der Waals surface area (Å²) in [6.07, 6.45) is 5.33. The van der Waals surface area contributed by atoms with E-state index in [1.165, 1.54) is 10.9 Å². The van der Waals surface area contributed by atoms with Gasteiger partial charge in [0.05, 0.1) is 21.3 Å². The Bertz CT molecular complexity index is 688. The Balaban J connectivity index is 2.37. The van der Waals surface area contributed by atoms with Crippen LogP contribution >= 0.6 is 15.9 Å². The summed E-state index contributed by atoms with van der Waals surface area (Å²) >= 11 is 3.49. The van der Waals surface area contributed by atoms with E-state index in [4.69, 9.17) is 4.42 Å². The quantitative estimate of drug-likeness (QED) is 0.736. The van der Waals surface area contributed by atoms with Crippen molar-refractivity contribution in [1.82, 2.24) is 9.97 Å². The molecule has 3 heterocycles. The van der Waals surface area contributed by atoms with E-state index in [9.17, 15) is 0 Å². The van der Waals surface area contributed by atoms with Crippen LogP contribution in [0.15, 0.2) is 39.7 Å². The number of hydrogen-bond donors (Lipinski definition) is 1. The predicted molar refractivity (Wildman–Crippen MR) is 80.0 cm³/mol. The molecule has 18 heavy (non-hydrogen) atoms. The first-order chi connectivity index (χ1) is 8.66. The third-order valence-corrected chi connectivity index (χ3v) is 5.05. The number of H-pyrrole nitrogens is 1. The van der Waals surface area contributed by atoms with E-state index in [0.29, 0.717) is 0 Å². The van der Waals surface area contributed by atoms with Gasteiger partial charge in [0.1, 0.15) is 5.65 Å². The van der Waals surface area contributed by atoms with Crippen molar-refractivity contribution >= 4 is 41.1 Å². The number of furan rings is 1. The van der Waals surface area contributed by atoms with Crippen molar-refractivity contribution in [3.8, 4) is 11.1 Å². The Morgan fingerprint density at radius 3 is 2.89 bits per heavy atom. The molecule has 3 rings (SSSR count). The minimum atomic E-state index is -0.956. The summed E-state index contributed by atoms with van der Waals surface area (Å²) in [6.45, 7) is 4.62. The Labute approximate surface area is 115 Å². The second kappa shape index (κ2) is 4.40. The van der Waals surface area contributed by atoms with Gasteiger partial charge in [0, 0.05) is 32.5 Å². The highest BCUT2D eigenvalue weighted by atomic mass is 79.9.